The van der Waals surface area contributed by atoms with E-state index in [2.05, 4.69) is 5.32 Å². The molecule has 0 aliphatic heterocycles. The van der Waals surface area contributed by atoms with Gasteiger partial charge in [-0.05, 0) is 31.5 Å². The molecular weight excluding hydrogens is 335 g/mol. The third-order valence-corrected chi connectivity index (χ3v) is 5.17. The fourth-order valence-corrected chi connectivity index (χ4v) is 3.44. The topological polar surface area (TPSA) is 79.6 Å². The van der Waals surface area contributed by atoms with Gasteiger partial charge in [0.2, 0.25) is 10.0 Å². The number of amides is 1. The average molecular weight is 356 g/mol. The van der Waals surface area contributed by atoms with Crippen molar-refractivity contribution in [3.63, 3.8) is 0 Å². The zero-order valence-electron chi connectivity index (χ0n) is 13.9. The number of fused-ring (bicyclic) bond motifs is 1. The summed E-state index contributed by atoms with van der Waals surface area (Å²) in [5.74, 6) is -0.642. The number of hydrogen-bond donors (Lipinski definition) is 1. The van der Waals surface area contributed by atoms with E-state index in [1.54, 1.807) is 13.8 Å². The van der Waals surface area contributed by atoms with Gasteiger partial charge in [-0.25, -0.2) is 17.1 Å². The summed E-state index contributed by atoms with van der Waals surface area (Å²) in [6, 6.07) is 4.09. The number of carbonyl (C=O) groups is 1. The number of hydrogen-bond acceptors (Lipinski definition) is 4. The highest BCUT2D eigenvalue weighted by atomic mass is 32.2. The predicted octanol–water partition coefficient (Wildman–Crippen LogP) is 2.28. The summed E-state index contributed by atoms with van der Waals surface area (Å²) < 4.78 is 43.1. The molecule has 1 N–H and O–H groups in total. The number of benzene rings is 1. The van der Waals surface area contributed by atoms with E-state index in [4.69, 9.17) is 4.42 Å². The lowest BCUT2D eigenvalue weighted by molar-refractivity contribution is 0.0926. The minimum atomic E-state index is -3.23. The highest BCUT2D eigenvalue weighted by Gasteiger charge is 2.18. The Bertz CT molecular complexity index is 845. The molecule has 6 nitrogen and oxygen atoms in total. The van der Waals surface area contributed by atoms with Crippen molar-refractivity contribution < 1.29 is 22.0 Å². The largest absolute Gasteiger partial charge is 0.451 e. The number of rotatable bonds is 7. The molecule has 1 aromatic carbocycles. The number of nitrogens with one attached hydrogen (secondary N) is 1. The molecule has 132 valence electrons. The Morgan fingerprint density at radius 1 is 1.38 bits per heavy atom. The van der Waals surface area contributed by atoms with Gasteiger partial charge in [-0.1, -0.05) is 6.92 Å². The number of carbonyl (C=O) groups excluding carboxylic acids is 1. The van der Waals surface area contributed by atoms with Crippen molar-refractivity contribution in [2.24, 2.45) is 0 Å². The zero-order valence-corrected chi connectivity index (χ0v) is 14.7. The van der Waals surface area contributed by atoms with E-state index in [1.807, 2.05) is 0 Å². The molecule has 2 aromatic rings. The van der Waals surface area contributed by atoms with Crippen LogP contribution < -0.4 is 5.32 Å². The molecule has 8 heteroatoms. The second-order valence-electron chi connectivity index (χ2n) is 5.56. The minimum Gasteiger partial charge on any atom is -0.451 e. The lowest BCUT2D eigenvalue weighted by Crippen LogP contribution is -2.33. The Morgan fingerprint density at radius 3 is 2.71 bits per heavy atom. The van der Waals surface area contributed by atoms with E-state index in [-0.39, 0.29) is 5.76 Å². The molecule has 0 aliphatic carbocycles. The molecular formula is C16H21FN2O4S. The van der Waals surface area contributed by atoms with Crippen LogP contribution >= 0.6 is 0 Å². The van der Waals surface area contributed by atoms with Crippen molar-refractivity contribution in [1.29, 1.82) is 0 Å². The van der Waals surface area contributed by atoms with Gasteiger partial charge in [0.1, 0.15) is 11.4 Å². The fourth-order valence-electron chi connectivity index (χ4n) is 2.51. The van der Waals surface area contributed by atoms with E-state index in [1.165, 1.54) is 22.5 Å². The van der Waals surface area contributed by atoms with Gasteiger partial charge in [0.15, 0.2) is 5.76 Å². The molecule has 0 saturated heterocycles. The molecule has 0 fully saturated rings. The normalized spacial score (nSPS) is 12.0. The van der Waals surface area contributed by atoms with E-state index in [0.717, 1.165) is 6.26 Å². The van der Waals surface area contributed by atoms with Crippen LogP contribution in [0.2, 0.25) is 0 Å². The monoisotopic (exact) mass is 356 g/mol. The Balaban J connectivity index is 1.97. The summed E-state index contributed by atoms with van der Waals surface area (Å²) in [5, 5.41) is 3.26. The summed E-state index contributed by atoms with van der Waals surface area (Å²) >= 11 is 0. The van der Waals surface area contributed by atoms with E-state index >= 15 is 0 Å². The number of sulfonamides is 1. The van der Waals surface area contributed by atoms with Crippen LogP contribution in [0, 0.1) is 12.7 Å². The molecule has 0 spiro atoms. The summed E-state index contributed by atoms with van der Waals surface area (Å²) in [7, 11) is -3.23. The molecule has 2 rings (SSSR count). The van der Waals surface area contributed by atoms with Gasteiger partial charge in [-0.3, -0.25) is 4.79 Å². The molecule has 1 amide bonds. The van der Waals surface area contributed by atoms with Gasteiger partial charge in [-0.15, -0.1) is 0 Å². The highest BCUT2D eigenvalue weighted by Crippen LogP contribution is 2.25. The lowest BCUT2D eigenvalue weighted by Gasteiger charge is -2.17. The van der Waals surface area contributed by atoms with E-state index in [9.17, 15) is 17.6 Å². The van der Waals surface area contributed by atoms with Crippen molar-refractivity contribution in [3.05, 3.63) is 35.3 Å². The third-order valence-electron chi connectivity index (χ3n) is 3.80. The van der Waals surface area contributed by atoms with Crippen LogP contribution in [-0.2, 0) is 10.0 Å². The maximum atomic E-state index is 13.3. The first-order valence-corrected chi connectivity index (χ1v) is 9.50. The first-order valence-electron chi connectivity index (χ1n) is 7.66. The average Bonchev–Trinajstić information content (AvgIpc) is 2.82. The quantitative estimate of drug-likeness (QED) is 0.772. The number of halogens is 1. The Kier molecular flexibility index (Phi) is 5.61. The second-order valence-corrected chi connectivity index (χ2v) is 7.54. The van der Waals surface area contributed by atoms with Gasteiger partial charge in [0.05, 0.1) is 6.26 Å². The summed E-state index contributed by atoms with van der Waals surface area (Å²) in [6.07, 6.45) is 1.65. The molecule has 0 bridgehead atoms. The molecule has 0 unspecified atom stereocenters. The number of furan rings is 1. The smallest absolute Gasteiger partial charge is 0.287 e. The fraction of sp³-hybridized carbons (Fsp3) is 0.438. The van der Waals surface area contributed by atoms with Gasteiger partial charge < -0.3 is 9.73 Å². The van der Waals surface area contributed by atoms with Crippen LogP contribution in [-0.4, -0.2) is 44.5 Å². The van der Waals surface area contributed by atoms with Crippen molar-refractivity contribution in [2.45, 2.75) is 20.3 Å². The lowest BCUT2D eigenvalue weighted by atomic mass is 10.1. The molecule has 24 heavy (non-hydrogen) atoms. The SMILES string of the molecule is CCN(CCCNC(=O)c1oc2ccc(F)cc2c1C)S(C)(=O)=O. The van der Waals surface area contributed by atoms with Crippen LogP contribution in [0.1, 0.15) is 29.5 Å². The first-order chi connectivity index (χ1) is 11.2. The van der Waals surface area contributed by atoms with Gasteiger partial charge in [0.25, 0.3) is 5.91 Å². The standard InChI is InChI=1S/C16H21FN2O4S/c1-4-19(24(3,21)22)9-5-8-18-16(20)15-11(2)13-10-12(17)6-7-14(13)23-15/h6-7,10H,4-5,8-9H2,1-3H3,(H,18,20). The molecule has 0 radical (unpaired) electrons. The summed E-state index contributed by atoms with van der Waals surface area (Å²) in [6.45, 7) is 4.50. The molecule has 0 saturated carbocycles. The Morgan fingerprint density at radius 2 is 2.08 bits per heavy atom. The Labute approximate surface area is 140 Å². The first kappa shape index (κ1) is 18.4. The van der Waals surface area contributed by atoms with Crippen molar-refractivity contribution in [3.8, 4) is 0 Å². The maximum Gasteiger partial charge on any atom is 0.287 e. The third kappa shape index (κ3) is 4.12. The number of aryl methyl sites for hydroxylation is 1. The highest BCUT2D eigenvalue weighted by molar-refractivity contribution is 7.88. The molecule has 1 heterocycles. The van der Waals surface area contributed by atoms with Gasteiger partial charge in [-0.2, -0.15) is 0 Å². The molecule has 0 atom stereocenters. The maximum absolute atomic E-state index is 13.3. The zero-order chi connectivity index (χ0) is 17.9. The van der Waals surface area contributed by atoms with E-state index in [0.29, 0.717) is 42.6 Å². The van der Waals surface area contributed by atoms with Crippen molar-refractivity contribution in [2.75, 3.05) is 25.9 Å². The van der Waals surface area contributed by atoms with Crippen molar-refractivity contribution in [1.82, 2.24) is 9.62 Å². The van der Waals surface area contributed by atoms with Crippen LogP contribution in [0.3, 0.4) is 0 Å². The number of nitrogens with zero attached hydrogens (tertiary/aromatic N) is 1. The van der Waals surface area contributed by atoms with E-state index < -0.39 is 21.7 Å². The molecule has 0 aliphatic rings. The van der Waals surface area contributed by atoms with Gasteiger partial charge in [0, 0.05) is 30.6 Å². The van der Waals surface area contributed by atoms with Crippen molar-refractivity contribution >= 4 is 26.9 Å². The second kappa shape index (κ2) is 7.31. The Hall–Kier alpha value is -1.93. The molecule has 1 aromatic heterocycles. The van der Waals surface area contributed by atoms with Gasteiger partial charge >= 0.3 is 0 Å². The summed E-state index contributed by atoms with van der Waals surface area (Å²) in [4.78, 5) is 12.2. The van der Waals surface area contributed by atoms with Crippen LogP contribution in [0.4, 0.5) is 4.39 Å². The van der Waals surface area contributed by atoms with Crippen LogP contribution in [0.25, 0.3) is 11.0 Å². The minimum absolute atomic E-state index is 0.145. The van der Waals surface area contributed by atoms with Crippen LogP contribution in [0.15, 0.2) is 22.6 Å². The predicted molar refractivity (Wildman–Crippen MR) is 90.0 cm³/mol. The van der Waals surface area contributed by atoms with Crippen LogP contribution in [0.5, 0.6) is 0 Å². The summed E-state index contributed by atoms with van der Waals surface area (Å²) in [5.41, 5.74) is 1.03.